The molecule has 5 heteroatoms. The fourth-order valence-corrected chi connectivity index (χ4v) is 146. The van der Waals surface area contributed by atoms with Gasteiger partial charge in [0.2, 0.25) is 0 Å². The van der Waals surface area contributed by atoms with E-state index in [9.17, 15) is 17.0 Å². The van der Waals surface area contributed by atoms with Crippen molar-refractivity contribution in [3.63, 3.8) is 0 Å². The van der Waals surface area contributed by atoms with E-state index in [4.69, 9.17) is 0 Å². The van der Waals surface area contributed by atoms with Gasteiger partial charge in [-0.05, 0) is 0 Å². The zero-order valence-electron chi connectivity index (χ0n) is 57.5. The molecule has 14 rings (SSSR count). The third-order valence-electron chi connectivity index (χ3n) is 25.7. The molecule has 4 aromatic rings. The molecule has 8 atom stereocenters. The molecule has 2 heterocycles. The molecule has 0 amide bonds. The Hall–Kier alpha value is -5.38. The van der Waals surface area contributed by atoms with E-state index in [2.05, 4.69) is 342 Å². The molecule has 2 saturated heterocycles. The predicted molar refractivity (Wildman–Crippen MR) is 396 cm³/mol. The summed E-state index contributed by atoms with van der Waals surface area (Å²) in [5, 5.41) is 0. The molecule has 0 saturated carbocycles. The standard InChI is InChI=1S/2C43H48Si.2ClH.Zr/c2*1-28-26-38-34(30-18-22-32(23-19-30)42(3,4)5)14-10-12-16-36(38)40(28)44(9)41-29(2)27-39-35(15-11-13-17-37(39)41)31-20-24-33(25-21-31)43(6,7)8;;;/h2*10-27,34-35,44H,1-9H3;2*1H;/q;;;;+2/p-2. The molecule has 2 aliphatic heterocycles. The minimum absolute atomic E-state index is 0.0115. The van der Waals surface area contributed by atoms with E-state index in [1.54, 1.807) is 0 Å². The Labute approximate surface area is 554 Å². The number of halogens is 2. The maximum absolute atomic E-state index is 11.5. The van der Waals surface area contributed by atoms with Crippen LogP contribution in [0, 0.1) is 0 Å². The summed E-state index contributed by atoms with van der Waals surface area (Å²) in [7, 11) is 17.9. The van der Waals surface area contributed by atoms with Crippen molar-refractivity contribution in [2.24, 2.45) is 0 Å². The van der Waals surface area contributed by atoms with Crippen molar-refractivity contribution in [1.29, 1.82) is 0 Å². The Morgan fingerprint density at radius 3 is 0.670 bits per heavy atom. The number of rotatable bonds is 4. The van der Waals surface area contributed by atoms with Crippen LogP contribution in [0.3, 0.4) is 0 Å². The molecule has 5 spiro atoms. The van der Waals surface area contributed by atoms with Crippen LogP contribution in [-0.2, 0) is 36.6 Å². The van der Waals surface area contributed by atoms with Gasteiger partial charge in [-0.1, -0.05) is 0 Å². The molecule has 0 aromatic heterocycles. The third-order valence-corrected chi connectivity index (χ3v) is 111. The van der Waals surface area contributed by atoms with Gasteiger partial charge in [-0.2, -0.15) is 0 Å². The molecular formula is C86H96Cl2Si2Zr. The van der Waals surface area contributed by atoms with Crippen LogP contribution in [0.2, 0.25) is 24.1 Å². The molecule has 91 heavy (non-hydrogen) atoms. The third kappa shape index (κ3) is 7.23. The molecule has 0 radical (unpaired) electrons. The van der Waals surface area contributed by atoms with E-state index in [0.29, 0.717) is 0 Å². The van der Waals surface area contributed by atoms with Crippen LogP contribution in [0.4, 0.5) is 0 Å². The first-order valence-electron chi connectivity index (χ1n) is 34.1. The summed E-state index contributed by atoms with van der Waals surface area (Å²) in [5.41, 5.74) is 27.4. The van der Waals surface area contributed by atoms with E-state index in [0.717, 1.165) is 0 Å². The van der Waals surface area contributed by atoms with Crippen molar-refractivity contribution in [3.05, 3.63) is 330 Å². The van der Waals surface area contributed by atoms with Gasteiger partial charge in [0.05, 0.1) is 0 Å². The van der Waals surface area contributed by atoms with Crippen LogP contribution < -0.4 is 0 Å². The van der Waals surface area contributed by atoms with Crippen molar-refractivity contribution < 1.29 is 14.9 Å². The van der Waals surface area contributed by atoms with E-state index in [-0.39, 0.29) is 45.3 Å². The summed E-state index contributed by atoms with van der Waals surface area (Å²) >= 11 is -7.59. The molecule has 8 aliphatic carbocycles. The Morgan fingerprint density at radius 2 is 0.495 bits per heavy atom. The topological polar surface area (TPSA) is 0 Å². The maximum atomic E-state index is 11.5. The summed E-state index contributed by atoms with van der Waals surface area (Å²) in [5.74, 6) is -0.0460. The summed E-state index contributed by atoms with van der Waals surface area (Å²) in [6.45, 7) is 43.6. The Bertz CT molecular complexity index is 3830. The van der Waals surface area contributed by atoms with Gasteiger partial charge in [-0.15, -0.1) is 0 Å². The van der Waals surface area contributed by atoms with Crippen LogP contribution in [-0.4, -0.2) is 17.6 Å². The van der Waals surface area contributed by atoms with Gasteiger partial charge in [0.25, 0.3) is 0 Å². The Balaban J connectivity index is 1.16. The van der Waals surface area contributed by atoms with Crippen LogP contribution in [0.25, 0.3) is 0 Å². The first-order chi connectivity index (χ1) is 42.8. The van der Waals surface area contributed by atoms with Gasteiger partial charge in [0, 0.05) is 0 Å². The molecule has 0 N–H and O–H groups in total. The SMILES string of the molecule is CC1=CC2=C(C=CC=CC2c2ccc(C(C)(C)C)cc2)[C]12[SiH](C)[C]1(C(C)=CC3=C1C=CC=CC3c1ccc(C(C)(C)C)cc1)[Zr]21([Cl])([Cl])[C]2(C(C)=CC3=C2C=CC=CC3c2ccc(C(C)(C)C)cc2)[SiH](C)[C]12C(C)=CC1=C2C=CC=CC1c1ccc(C(C)(C)C)cc1. The van der Waals surface area contributed by atoms with Crippen molar-refractivity contribution >= 4 is 34.6 Å². The van der Waals surface area contributed by atoms with E-state index in [1.165, 1.54) is 111 Å². The monoisotopic (exact) mass is 1340 g/mol. The molecule has 4 aromatic carbocycles. The number of hydrogen-bond acceptors (Lipinski definition) is 0. The minimum atomic E-state index is -7.59. The second-order valence-electron chi connectivity index (χ2n) is 33.4. The first kappa shape index (κ1) is 63.0. The van der Waals surface area contributed by atoms with E-state index in [1.807, 2.05) is 0 Å². The van der Waals surface area contributed by atoms with Crippen LogP contribution in [0.5, 0.6) is 0 Å². The zero-order chi connectivity index (χ0) is 64.9. The molecule has 0 bridgehead atoms. The van der Waals surface area contributed by atoms with Gasteiger partial charge in [0.15, 0.2) is 0 Å². The number of fused-ring (bicyclic) bond motifs is 8. The number of allylic oxidation sites excluding steroid dienone is 32. The van der Waals surface area contributed by atoms with Gasteiger partial charge in [-0.25, -0.2) is 0 Å². The van der Waals surface area contributed by atoms with Gasteiger partial charge in [0.1, 0.15) is 0 Å². The van der Waals surface area contributed by atoms with Crippen molar-refractivity contribution in [2.45, 2.75) is 180 Å². The fraction of sp³-hybridized carbons (Fsp3) is 0.349. The second-order valence-corrected chi connectivity index (χ2v) is 73.3. The fourth-order valence-electron chi connectivity index (χ4n) is 22.7. The van der Waals surface area contributed by atoms with E-state index < -0.39 is 43.5 Å². The summed E-state index contributed by atoms with van der Waals surface area (Å²) in [6.07, 6.45) is 49.8. The van der Waals surface area contributed by atoms with Crippen LogP contribution in [0.1, 0.15) is 179 Å². The Kier molecular flexibility index (Phi) is 13.9. The molecule has 0 nitrogen and oxygen atoms in total. The average molecular weight is 1350 g/mol. The average Bonchev–Trinajstić information content (AvgIpc) is 1.53. The summed E-state index contributed by atoms with van der Waals surface area (Å²) in [4.78, 5) is 0. The predicted octanol–water partition coefficient (Wildman–Crippen LogP) is 23.9. The van der Waals surface area contributed by atoms with Gasteiger partial charge >= 0.3 is 560 Å². The van der Waals surface area contributed by atoms with Crippen molar-refractivity contribution in [3.8, 4) is 0 Å². The van der Waals surface area contributed by atoms with E-state index >= 15 is 0 Å². The molecule has 10 aliphatic rings. The van der Waals surface area contributed by atoms with Gasteiger partial charge < -0.3 is 0 Å². The zero-order valence-corrected chi connectivity index (χ0v) is 63.8. The number of hydrogen-bond donors (Lipinski definition) is 0. The quantitative estimate of drug-likeness (QED) is 0.179. The molecule has 466 valence electrons. The summed E-state index contributed by atoms with van der Waals surface area (Å²) in [6, 6.07) is 38.4. The van der Waals surface area contributed by atoms with Crippen molar-refractivity contribution in [1.82, 2.24) is 0 Å². The van der Waals surface area contributed by atoms with Crippen LogP contribution in [0.15, 0.2) is 285 Å². The Morgan fingerprint density at radius 1 is 0.308 bits per heavy atom. The van der Waals surface area contributed by atoms with Crippen molar-refractivity contribution in [2.75, 3.05) is 0 Å². The first-order valence-corrected chi connectivity index (χ1v) is 49.9. The molecular weight excluding hydrogens is 1250 g/mol. The number of benzene rings is 4. The second kappa shape index (κ2) is 20.1. The van der Waals surface area contributed by atoms with Crippen LogP contribution >= 0.6 is 17.0 Å². The van der Waals surface area contributed by atoms with Gasteiger partial charge in [-0.3, -0.25) is 0 Å². The molecule has 8 unspecified atom stereocenters. The molecule has 2 fully saturated rings. The normalized spacial score (nSPS) is 32.7. The summed E-state index contributed by atoms with van der Waals surface area (Å²) < 4.78 is -2.76.